The minimum Gasteiger partial charge on any atom is -0.387 e. The standard InChI is InChI=1S/C15H16N2O3/c1-11-5-4-6-12(9-11)15(18)10-16-13-7-2-3-8-14(13)17(19)20/h2-9,15-16,18H,10H2,1H3. The maximum Gasteiger partial charge on any atom is 0.292 e. The van der Waals surface area contributed by atoms with Crippen LogP contribution >= 0.6 is 0 Å². The quantitative estimate of drug-likeness (QED) is 0.648. The highest BCUT2D eigenvalue weighted by molar-refractivity contribution is 5.61. The lowest BCUT2D eigenvalue weighted by Crippen LogP contribution is -2.13. The van der Waals surface area contributed by atoms with E-state index in [1.54, 1.807) is 18.2 Å². The molecule has 2 rings (SSSR count). The van der Waals surface area contributed by atoms with Crippen molar-refractivity contribution in [1.29, 1.82) is 0 Å². The molecular formula is C15H16N2O3. The molecule has 0 radical (unpaired) electrons. The van der Waals surface area contributed by atoms with Crippen molar-refractivity contribution in [3.63, 3.8) is 0 Å². The van der Waals surface area contributed by atoms with Crippen molar-refractivity contribution in [3.8, 4) is 0 Å². The van der Waals surface area contributed by atoms with Gasteiger partial charge in [0.25, 0.3) is 5.69 Å². The lowest BCUT2D eigenvalue weighted by molar-refractivity contribution is -0.384. The van der Waals surface area contributed by atoms with Gasteiger partial charge in [-0.25, -0.2) is 0 Å². The van der Waals surface area contributed by atoms with E-state index in [0.29, 0.717) is 5.69 Å². The number of para-hydroxylation sites is 2. The molecule has 0 aliphatic rings. The molecule has 2 N–H and O–H groups in total. The second-order valence-electron chi connectivity index (χ2n) is 4.59. The molecule has 0 fully saturated rings. The van der Waals surface area contributed by atoms with Crippen molar-refractivity contribution < 1.29 is 10.0 Å². The number of hydrogen-bond acceptors (Lipinski definition) is 4. The summed E-state index contributed by atoms with van der Waals surface area (Å²) in [6.07, 6.45) is -0.713. The fraction of sp³-hybridized carbons (Fsp3) is 0.200. The van der Waals surface area contributed by atoms with Gasteiger partial charge in [-0.3, -0.25) is 10.1 Å². The highest BCUT2D eigenvalue weighted by atomic mass is 16.6. The average molecular weight is 272 g/mol. The molecule has 0 heterocycles. The second-order valence-corrected chi connectivity index (χ2v) is 4.59. The fourth-order valence-corrected chi connectivity index (χ4v) is 1.98. The van der Waals surface area contributed by atoms with E-state index in [9.17, 15) is 15.2 Å². The Balaban J connectivity index is 2.07. The van der Waals surface area contributed by atoms with Gasteiger partial charge in [0.2, 0.25) is 0 Å². The van der Waals surface area contributed by atoms with Gasteiger partial charge in [0.15, 0.2) is 0 Å². The maximum atomic E-state index is 10.9. The minimum absolute atomic E-state index is 0.00365. The Morgan fingerprint density at radius 1 is 1.25 bits per heavy atom. The molecule has 2 aromatic carbocycles. The van der Waals surface area contributed by atoms with Crippen LogP contribution in [0.4, 0.5) is 11.4 Å². The molecule has 0 amide bonds. The Morgan fingerprint density at radius 2 is 2.00 bits per heavy atom. The predicted molar refractivity (Wildman–Crippen MR) is 77.7 cm³/mol. The van der Waals surface area contributed by atoms with Crippen LogP contribution in [0.25, 0.3) is 0 Å². The molecule has 5 heteroatoms. The SMILES string of the molecule is Cc1cccc(C(O)CNc2ccccc2[N+](=O)[O-])c1. The number of nitro groups is 1. The zero-order valence-electron chi connectivity index (χ0n) is 11.1. The van der Waals surface area contributed by atoms with Crippen molar-refractivity contribution in [3.05, 3.63) is 69.8 Å². The van der Waals surface area contributed by atoms with Gasteiger partial charge < -0.3 is 10.4 Å². The molecule has 1 unspecified atom stereocenters. The smallest absolute Gasteiger partial charge is 0.292 e. The third-order valence-corrected chi connectivity index (χ3v) is 3.01. The summed E-state index contributed by atoms with van der Waals surface area (Å²) < 4.78 is 0. The molecule has 0 aliphatic heterocycles. The number of nitro benzene ring substituents is 1. The largest absolute Gasteiger partial charge is 0.387 e. The van der Waals surface area contributed by atoms with E-state index in [0.717, 1.165) is 11.1 Å². The van der Waals surface area contributed by atoms with E-state index in [1.807, 2.05) is 31.2 Å². The lowest BCUT2D eigenvalue weighted by Gasteiger charge is -2.13. The summed E-state index contributed by atoms with van der Waals surface area (Å²) in [6, 6.07) is 13.9. The van der Waals surface area contributed by atoms with E-state index in [1.165, 1.54) is 6.07 Å². The van der Waals surface area contributed by atoms with Crippen LogP contribution in [0, 0.1) is 17.0 Å². The summed E-state index contributed by atoms with van der Waals surface area (Å²) in [6.45, 7) is 2.17. The molecule has 2 aromatic rings. The van der Waals surface area contributed by atoms with Gasteiger partial charge >= 0.3 is 0 Å². The maximum absolute atomic E-state index is 10.9. The Kier molecular flexibility index (Phi) is 4.32. The zero-order valence-corrected chi connectivity index (χ0v) is 11.1. The Morgan fingerprint density at radius 3 is 2.70 bits per heavy atom. The van der Waals surface area contributed by atoms with Crippen LogP contribution in [0.5, 0.6) is 0 Å². The first-order chi connectivity index (χ1) is 9.58. The van der Waals surface area contributed by atoms with Crippen LogP contribution in [0.2, 0.25) is 0 Å². The normalized spacial score (nSPS) is 11.9. The average Bonchev–Trinajstić information content (AvgIpc) is 2.45. The van der Waals surface area contributed by atoms with Crippen LogP contribution < -0.4 is 5.32 Å². The first-order valence-electron chi connectivity index (χ1n) is 6.30. The molecule has 1 atom stereocenters. The van der Waals surface area contributed by atoms with Gasteiger partial charge in [0.1, 0.15) is 5.69 Å². The van der Waals surface area contributed by atoms with Crippen LogP contribution in [-0.2, 0) is 0 Å². The number of hydrogen-bond donors (Lipinski definition) is 2. The van der Waals surface area contributed by atoms with Crippen molar-refractivity contribution in [1.82, 2.24) is 0 Å². The predicted octanol–water partition coefficient (Wildman–Crippen LogP) is 3.05. The fourth-order valence-electron chi connectivity index (χ4n) is 1.98. The van der Waals surface area contributed by atoms with Crippen molar-refractivity contribution in [2.75, 3.05) is 11.9 Å². The molecule has 0 aliphatic carbocycles. The van der Waals surface area contributed by atoms with Gasteiger partial charge in [0.05, 0.1) is 11.0 Å². The van der Waals surface area contributed by atoms with Gasteiger partial charge in [-0.2, -0.15) is 0 Å². The summed E-state index contributed by atoms with van der Waals surface area (Å²) in [7, 11) is 0. The van der Waals surface area contributed by atoms with Gasteiger partial charge in [-0.1, -0.05) is 42.0 Å². The number of nitrogens with one attached hydrogen (secondary N) is 1. The number of anilines is 1. The third kappa shape index (κ3) is 3.33. The Hall–Kier alpha value is -2.40. The number of aliphatic hydroxyl groups is 1. The molecule has 0 aromatic heterocycles. The lowest BCUT2D eigenvalue weighted by atomic mass is 10.1. The number of aryl methyl sites for hydroxylation is 1. The Labute approximate surface area is 117 Å². The molecule has 0 spiro atoms. The number of benzene rings is 2. The first-order valence-corrected chi connectivity index (χ1v) is 6.30. The van der Waals surface area contributed by atoms with Gasteiger partial charge in [-0.05, 0) is 18.6 Å². The molecule has 0 saturated heterocycles. The third-order valence-electron chi connectivity index (χ3n) is 3.01. The molecule has 20 heavy (non-hydrogen) atoms. The van der Waals surface area contributed by atoms with E-state index >= 15 is 0 Å². The number of rotatable bonds is 5. The van der Waals surface area contributed by atoms with Gasteiger partial charge in [-0.15, -0.1) is 0 Å². The summed E-state index contributed by atoms with van der Waals surface area (Å²) in [4.78, 5) is 10.4. The van der Waals surface area contributed by atoms with E-state index in [2.05, 4.69) is 5.32 Å². The van der Waals surface area contributed by atoms with E-state index in [4.69, 9.17) is 0 Å². The number of nitrogens with zero attached hydrogens (tertiary/aromatic N) is 1. The topological polar surface area (TPSA) is 75.4 Å². The molecular weight excluding hydrogens is 256 g/mol. The molecule has 5 nitrogen and oxygen atoms in total. The second kappa shape index (κ2) is 6.16. The summed E-state index contributed by atoms with van der Waals surface area (Å²) in [5.41, 5.74) is 2.26. The highest BCUT2D eigenvalue weighted by Crippen LogP contribution is 2.24. The van der Waals surface area contributed by atoms with Crippen LogP contribution in [0.3, 0.4) is 0 Å². The van der Waals surface area contributed by atoms with Crippen LogP contribution in [0.1, 0.15) is 17.2 Å². The van der Waals surface area contributed by atoms with Gasteiger partial charge in [0, 0.05) is 12.6 Å². The first kappa shape index (κ1) is 14.0. The van der Waals surface area contributed by atoms with E-state index < -0.39 is 11.0 Å². The van der Waals surface area contributed by atoms with Crippen molar-refractivity contribution >= 4 is 11.4 Å². The number of aliphatic hydroxyl groups excluding tert-OH is 1. The van der Waals surface area contributed by atoms with E-state index in [-0.39, 0.29) is 12.2 Å². The monoisotopic (exact) mass is 272 g/mol. The summed E-state index contributed by atoms with van der Waals surface area (Å²) in [5.74, 6) is 0. The molecule has 0 bridgehead atoms. The van der Waals surface area contributed by atoms with Crippen molar-refractivity contribution in [2.45, 2.75) is 13.0 Å². The minimum atomic E-state index is -0.713. The summed E-state index contributed by atoms with van der Waals surface area (Å²) >= 11 is 0. The Bertz CT molecular complexity index is 614. The molecule has 104 valence electrons. The van der Waals surface area contributed by atoms with Crippen LogP contribution in [0.15, 0.2) is 48.5 Å². The van der Waals surface area contributed by atoms with Crippen LogP contribution in [-0.4, -0.2) is 16.6 Å². The zero-order chi connectivity index (χ0) is 14.5. The summed E-state index contributed by atoms with van der Waals surface area (Å²) in [5, 5.41) is 23.9. The van der Waals surface area contributed by atoms with Crippen molar-refractivity contribution in [2.24, 2.45) is 0 Å². The molecule has 0 saturated carbocycles. The highest BCUT2D eigenvalue weighted by Gasteiger charge is 2.14.